The van der Waals surface area contributed by atoms with Gasteiger partial charge in [-0.15, -0.1) is 0 Å². The van der Waals surface area contributed by atoms with E-state index in [2.05, 4.69) is 5.32 Å². The van der Waals surface area contributed by atoms with Crippen LogP contribution in [0.5, 0.6) is 11.5 Å². The maximum Gasteiger partial charge on any atom is 0.305 e. The zero-order valence-corrected chi connectivity index (χ0v) is 14.2. The van der Waals surface area contributed by atoms with Gasteiger partial charge in [0.05, 0.1) is 26.2 Å². The second-order valence-corrected chi connectivity index (χ2v) is 5.33. The summed E-state index contributed by atoms with van der Waals surface area (Å²) in [6.07, 6.45) is -0.240. The van der Waals surface area contributed by atoms with E-state index in [0.717, 1.165) is 0 Å². The zero-order valence-electron chi connectivity index (χ0n) is 14.2. The van der Waals surface area contributed by atoms with E-state index in [-0.39, 0.29) is 12.3 Å². The Labute approximate surface area is 146 Å². The predicted octanol–water partition coefficient (Wildman–Crippen LogP) is 3.04. The van der Waals surface area contributed by atoms with Crippen molar-refractivity contribution in [2.75, 3.05) is 13.7 Å². The molecule has 0 fully saturated rings. The van der Waals surface area contributed by atoms with Gasteiger partial charge in [0.25, 0.3) is 5.91 Å². The third-order valence-corrected chi connectivity index (χ3v) is 3.61. The number of hydrogen-bond acceptors (Lipinski definition) is 4. The van der Waals surface area contributed by atoms with Gasteiger partial charge < -0.3 is 19.9 Å². The van der Waals surface area contributed by atoms with Crippen molar-refractivity contribution >= 4 is 11.9 Å². The second kappa shape index (κ2) is 8.73. The van der Waals surface area contributed by atoms with Gasteiger partial charge in [0, 0.05) is 5.56 Å². The summed E-state index contributed by atoms with van der Waals surface area (Å²) in [6.45, 7) is 2.35. The first kappa shape index (κ1) is 18.3. The third-order valence-electron chi connectivity index (χ3n) is 3.61. The summed E-state index contributed by atoms with van der Waals surface area (Å²) in [5.41, 5.74) is 1.10. The molecule has 0 spiro atoms. The molecule has 2 aromatic rings. The summed E-state index contributed by atoms with van der Waals surface area (Å²) in [5, 5.41) is 12.0. The minimum atomic E-state index is -1.01. The second-order valence-electron chi connectivity index (χ2n) is 5.33. The molecule has 6 heteroatoms. The van der Waals surface area contributed by atoms with Crippen molar-refractivity contribution < 1.29 is 24.2 Å². The molecule has 0 saturated heterocycles. The number of carboxylic acids is 1. The average Bonchev–Trinajstić information content (AvgIpc) is 2.62. The molecule has 1 atom stereocenters. The summed E-state index contributed by atoms with van der Waals surface area (Å²) in [5.74, 6) is -0.285. The quantitative estimate of drug-likeness (QED) is 0.769. The lowest BCUT2D eigenvalue weighted by Crippen LogP contribution is -2.30. The van der Waals surface area contributed by atoms with Gasteiger partial charge in [-0.2, -0.15) is 0 Å². The lowest BCUT2D eigenvalue weighted by molar-refractivity contribution is -0.137. The Kier molecular flexibility index (Phi) is 6.39. The van der Waals surface area contributed by atoms with Crippen molar-refractivity contribution in [2.24, 2.45) is 0 Å². The van der Waals surface area contributed by atoms with E-state index in [9.17, 15) is 14.7 Å². The van der Waals surface area contributed by atoms with Crippen LogP contribution in [0.25, 0.3) is 0 Å². The fraction of sp³-hybridized carbons (Fsp3) is 0.263. The van der Waals surface area contributed by atoms with Gasteiger partial charge in [0.1, 0.15) is 0 Å². The molecule has 25 heavy (non-hydrogen) atoms. The molecule has 0 aliphatic carbocycles. The van der Waals surface area contributed by atoms with Crippen LogP contribution >= 0.6 is 0 Å². The molecule has 0 saturated carbocycles. The molecular weight excluding hydrogens is 322 g/mol. The standard InChI is InChI=1S/C19H21NO5/c1-3-25-16-10-9-14(11-17(16)24-2)15(12-18(21)22)20-19(23)13-7-5-4-6-8-13/h4-11,15H,3,12H2,1-2H3,(H,20,23)(H,21,22). The molecule has 0 aromatic heterocycles. The number of carboxylic acid groups (broad SMARTS) is 1. The monoisotopic (exact) mass is 343 g/mol. The average molecular weight is 343 g/mol. The predicted molar refractivity (Wildman–Crippen MR) is 93.1 cm³/mol. The summed E-state index contributed by atoms with van der Waals surface area (Å²) in [7, 11) is 1.51. The van der Waals surface area contributed by atoms with Gasteiger partial charge >= 0.3 is 5.97 Å². The molecule has 6 nitrogen and oxygen atoms in total. The normalized spacial score (nSPS) is 11.4. The lowest BCUT2D eigenvalue weighted by Gasteiger charge is -2.19. The van der Waals surface area contributed by atoms with Gasteiger partial charge in [-0.25, -0.2) is 0 Å². The minimum Gasteiger partial charge on any atom is -0.493 e. The third kappa shape index (κ3) is 4.97. The Balaban J connectivity index is 2.27. The van der Waals surface area contributed by atoms with E-state index in [1.165, 1.54) is 7.11 Å². The number of ether oxygens (including phenoxy) is 2. The van der Waals surface area contributed by atoms with E-state index in [0.29, 0.717) is 29.2 Å². The van der Waals surface area contributed by atoms with Crippen molar-refractivity contribution in [1.29, 1.82) is 0 Å². The Hall–Kier alpha value is -3.02. The number of methoxy groups -OCH3 is 1. The van der Waals surface area contributed by atoms with Crippen molar-refractivity contribution in [1.82, 2.24) is 5.32 Å². The van der Waals surface area contributed by atoms with Gasteiger partial charge in [-0.1, -0.05) is 24.3 Å². The van der Waals surface area contributed by atoms with Crippen LogP contribution in [0.4, 0.5) is 0 Å². The SMILES string of the molecule is CCOc1ccc(C(CC(=O)O)NC(=O)c2ccccc2)cc1OC. The van der Waals surface area contributed by atoms with Crippen molar-refractivity contribution in [3.63, 3.8) is 0 Å². The highest BCUT2D eigenvalue weighted by Crippen LogP contribution is 2.31. The van der Waals surface area contributed by atoms with E-state index < -0.39 is 12.0 Å². The van der Waals surface area contributed by atoms with Crippen LogP contribution in [0.3, 0.4) is 0 Å². The van der Waals surface area contributed by atoms with Crippen molar-refractivity contribution in [3.8, 4) is 11.5 Å². The molecule has 2 rings (SSSR count). The molecule has 0 heterocycles. The molecule has 2 aromatic carbocycles. The number of carbonyl (C=O) groups excluding carboxylic acids is 1. The van der Waals surface area contributed by atoms with Crippen LogP contribution in [-0.4, -0.2) is 30.7 Å². The van der Waals surface area contributed by atoms with E-state index in [1.54, 1.807) is 42.5 Å². The van der Waals surface area contributed by atoms with Crippen LogP contribution in [0.2, 0.25) is 0 Å². The summed E-state index contributed by atoms with van der Waals surface area (Å²) < 4.78 is 10.8. The topological polar surface area (TPSA) is 84.9 Å². The number of carbonyl (C=O) groups is 2. The number of benzene rings is 2. The Morgan fingerprint density at radius 2 is 1.84 bits per heavy atom. The highest BCUT2D eigenvalue weighted by Gasteiger charge is 2.20. The summed E-state index contributed by atoms with van der Waals surface area (Å²) in [6, 6.07) is 13.1. The fourth-order valence-corrected chi connectivity index (χ4v) is 2.43. The first-order valence-corrected chi connectivity index (χ1v) is 7.93. The van der Waals surface area contributed by atoms with Gasteiger partial charge in [0.2, 0.25) is 0 Å². The first-order chi connectivity index (χ1) is 12.0. The van der Waals surface area contributed by atoms with Crippen LogP contribution < -0.4 is 14.8 Å². The van der Waals surface area contributed by atoms with Crippen LogP contribution in [0.15, 0.2) is 48.5 Å². The van der Waals surface area contributed by atoms with Gasteiger partial charge in [-0.3, -0.25) is 9.59 Å². The summed E-state index contributed by atoms with van der Waals surface area (Å²) in [4.78, 5) is 23.6. The summed E-state index contributed by atoms with van der Waals surface area (Å²) >= 11 is 0. The lowest BCUT2D eigenvalue weighted by atomic mass is 10.0. The van der Waals surface area contributed by atoms with Gasteiger partial charge in [-0.05, 0) is 36.8 Å². The minimum absolute atomic E-state index is 0.240. The Bertz CT molecular complexity index is 730. The number of hydrogen-bond donors (Lipinski definition) is 2. The molecule has 2 N–H and O–H groups in total. The smallest absolute Gasteiger partial charge is 0.305 e. The van der Waals surface area contributed by atoms with Crippen LogP contribution in [0.1, 0.15) is 35.3 Å². The maximum atomic E-state index is 12.4. The molecular formula is C19H21NO5. The Morgan fingerprint density at radius 1 is 1.12 bits per heavy atom. The van der Waals surface area contributed by atoms with E-state index >= 15 is 0 Å². The molecule has 132 valence electrons. The van der Waals surface area contributed by atoms with Crippen molar-refractivity contribution in [2.45, 2.75) is 19.4 Å². The number of amides is 1. The highest BCUT2D eigenvalue weighted by atomic mass is 16.5. The molecule has 0 aliphatic heterocycles. The molecule has 0 radical (unpaired) electrons. The molecule has 1 unspecified atom stereocenters. The largest absolute Gasteiger partial charge is 0.493 e. The van der Waals surface area contributed by atoms with E-state index in [4.69, 9.17) is 9.47 Å². The van der Waals surface area contributed by atoms with Gasteiger partial charge in [0.15, 0.2) is 11.5 Å². The molecule has 1 amide bonds. The number of nitrogens with one attached hydrogen (secondary N) is 1. The van der Waals surface area contributed by atoms with Crippen LogP contribution in [0, 0.1) is 0 Å². The van der Waals surface area contributed by atoms with E-state index in [1.807, 2.05) is 13.0 Å². The Morgan fingerprint density at radius 3 is 2.44 bits per heavy atom. The highest BCUT2D eigenvalue weighted by molar-refractivity contribution is 5.94. The fourth-order valence-electron chi connectivity index (χ4n) is 2.43. The zero-order chi connectivity index (χ0) is 18.2. The first-order valence-electron chi connectivity index (χ1n) is 7.93. The molecule has 0 bridgehead atoms. The van der Waals surface area contributed by atoms with Crippen molar-refractivity contribution in [3.05, 3.63) is 59.7 Å². The maximum absolute atomic E-state index is 12.4. The number of rotatable bonds is 8. The molecule has 0 aliphatic rings. The number of aliphatic carboxylic acids is 1. The van der Waals surface area contributed by atoms with Crippen LogP contribution in [-0.2, 0) is 4.79 Å².